The van der Waals surface area contributed by atoms with Crippen molar-refractivity contribution in [1.82, 2.24) is 10.3 Å². The average Bonchev–Trinajstić information content (AvgIpc) is 3.07. The van der Waals surface area contributed by atoms with Crippen LogP contribution in [0.15, 0.2) is 42.7 Å². The Morgan fingerprint density at radius 2 is 1.81 bits per heavy atom. The van der Waals surface area contributed by atoms with E-state index in [0.29, 0.717) is 31.2 Å². The Labute approximate surface area is 181 Å². The van der Waals surface area contributed by atoms with Gasteiger partial charge in [-0.2, -0.15) is 0 Å². The summed E-state index contributed by atoms with van der Waals surface area (Å²) in [5.41, 5.74) is 1.65. The van der Waals surface area contributed by atoms with Crippen LogP contribution in [0.1, 0.15) is 78.8 Å². The van der Waals surface area contributed by atoms with E-state index in [-0.39, 0.29) is 35.6 Å². The normalized spacial score (nSPS) is 30.0. The van der Waals surface area contributed by atoms with E-state index in [2.05, 4.69) is 10.3 Å². The molecule has 1 N–H and O–H groups in total. The van der Waals surface area contributed by atoms with E-state index in [4.69, 9.17) is 4.74 Å². The summed E-state index contributed by atoms with van der Waals surface area (Å²) in [4.78, 5) is 29.3. The van der Waals surface area contributed by atoms with Gasteiger partial charge in [-0.15, -0.1) is 0 Å². The van der Waals surface area contributed by atoms with E-state index in [0.717, 1.165) is 36.8 Å². The van der Waals surface area contributed by atoms with Crippen molar-refractivity contribution in [3.05, 3.63) is 65.2 Å². The number of fused-ring (bicyclic) bond motifs is 2. The second kappa shape index (κ2) is 8.06. The fourth-order valence-corrected chi connectivity index (χ4v) is 5.61. The van der Waals surface area contributed by atoms with Crippen LogP contribution >= 0.6 is 0 Å². The van der Waals surface area contributed by atoms with Crippen LogP contribution in [0.5, 0.6) is 0 Å². The fraction of sp³-hybridized carbons (Fsp3) is 0.480. The zero-order valence-electron chi connectivity index (χ0n) is 17.5. The molecule has 1 amide bonds. The number of rotatable bonds is 3. The third-order valence-corrected chi connectivity index (χ3v) is 7.40. The van der Waals surface area contributed by atoms with Gasteiger partial charge in [-0.25, -0.2) is 9.18 Å². The van der Waals surface area contributed by atoms with Gasteiger partial charge in [0.1, 0.15) is 11.4 Å². The van der Waals surface area contributed by atoms with Crippen molar-refractivity contribution in [2.75, 3.05) is 0 Å². The lowest BCUT2D eigenvalue weighted by atomic mass is 9.75. The third kappa shape index (κ3) is 3.73. The molecule has 0 atom stereocenters. The van der Waals surface area contributed by atoms with Crippen LogP contribution in [0.4, 0.5) is 4.39 Å². The summed E-state index contributed by atoms with van der Waals surface area (Å²) in [5.74, 6) is -0.147. The molecule has 0 bridgehead atoms. The molecule has 0 unspecified atom stereocenters. The third-order valence-electron chi connectivity index (χ3n) is 7.40. The van der Waals surface area contributed by atoms with Crippen molar-refractivity contribution in [2.24, 2.45) is 5.92 Å². The maximum absolute atomic E-state index is 14.1. The summed E-state index contributed by atoms with van der Waals surface area (Å²) in [5, 5.41) is 3.23. The maximum Gasteiger partial charge on any atom is 0.339 e. The molecule has 5 nitrogen and oxygen atoms in total. The molecule has 1 aliphatic heterocycles. The monoisotopic (exact) mass is 422 g/mol. The Balaban J connectivity index is 1.15. The number of hydrogen-bond acceptors (Lipinski definition) is 4. The Morgan fingerprint density at radius 1 is 1.06 bits per heavy atom. The Bertz CT molecular complexity index is 992. The molecular weight excluding hydrogens is 395 g/mol. The average molecular weight is 423 g/mol. The Kier molecular flexibility index (Phi) is 5.24. The van der Waals surface area contributed by atoms with Crippen LogP contribution in [-0.2, 0) is 15.1 Å². The van der Waals surface area contributed by atoms with Gasteiger partial charge in [-0.3, -0.25) is 9.78 Å². The molecule has 1 aromatic heterocycles. The van der Waals surface area contributed by atoms with Crippen LogP contribution in [0.3, 0.4) is 0 Å². The van der Waals surface area contributed by atoms with Gasteiger partial charge in [0, 0.05) is 29.9 Å². The van der Waals surface area contributed by atoms with E-state index >= 15 is 0 Å². The summed E-state index contributed by atoms with van der Waals surface area (Å²) >= 11 is 0. The molecule has 6 heteroatoms. The zero-order valence-corrected chi connectivity index (χ0v) is 17.5. The van der Waals surface area contributed by atoms with Gasteiger partial charge in [0.2, 0.25) is 5.91 Å². The molecule has 2 saturated carbocycles. The van der Waals surface area contributed by atoms with Crippen molar-refractivity contribution in [1.29, 1.82) is 0 Å². The number of pyridine rings is 1. The summed E-state index contributed by atoms with van der Waals surface area (Å²) in [7, 11) is 0. The first-order chi connectivity index (χ1) is 15.1. The molecule has 1 aromatic carbocycles. The Hall–Kier alpha value is -2.76. The number of hydrogen-bond donors (Lipinski definition) is 1. The molecule has 2 fully saturated rings. The van der Waals surface area contributed by atoms with E-state index in [9.17, 15) is 14.0 Å². The molecule has 1 spiro atoms. The number of esters is 1. The van der Waals surface area contributed by atoms with E-state index in [1.165, 1.54) is 6.07 Å². The highest BCUT2D eigenvalue weighted by atomic mass is 19.1. The lowest BCUT2D eigenvalue weighted by Crippen LogP contribution is -2.43. The standard InChI is InChI=1S/C25H27FN2O3/c26-22-4-2-1-3-19(22)16-5-7-18(8-6-16)28-23(29)17-9-12-25(13-10-17)21-15-27-14-11-20(21)24(30)31-25/h1-4,11,14-18H,5-10,12-13H2,(H,28,29)/t16-,17-,18-,25+. The van der Waals surface area contributed by atoms with Crippen molar-refractivity contribution in [2.45, 2.75) is 68.9 Å². The first-order valence-electron chi connectivity index (χ1n) is 11.3. The highest BCUT2D eigenvalue weighted by Gasteiger charge is 2.48. The second-order valence-electron chi connectivity index (χ2n) is 9.16. The smallest absolute Gasteiger partial charge is 0.339 e. The number of benzene rings is 1. The molecule has 2 aliphatic carbocycles. The van der Waals surface area contributed by atoms with Gasteiger partial charge in [-0.1, -0.05) is 18.2 Å². The maximum atomic E-state index is 14.1. The van der Waals surface area contributed by atoms with Crippen LogP contribution in [0.2, 0.25) is 0 Å². The minimum absolute atomic E-state index is 0.0608. The van der Waals surface area contributed by atoms with E-state index in [1.54, 1.807) is 24.5 Å². The lowest BCUT2D eigenvalue weighted by molar-refractivity contribution is -0.129. The number of halogens is 1. The molecule has 5 rings (SSSR count). The highest BCUT2D eigenvalue weighted by molar-refractivity contribution is 5.94. The Morgan fingerprint density at radius 3 is 2.55 bits per heavy atom. The number of amides is 1. The predicted molar refractivity (Wildman–Crippen MR) is 113 cm³/mol. The van der Waals surface area contributed by atoms with Gasteiger partial charge in [-0.05, 0) is 75.0 Å². The number of carbonyl (C=O) groups excluding carboxylic acids is 2. The molecule has 162 valence electrons. The van der Waals surface area contributed by atoms with E-state index < -0.39 is 5.60 Å². The van der Waals surface area contributed by atoms with Gasteiger partial charge in [0.05, 0.1) is 5.56 Å². The van der Waals surface area contributed by atoms with Crippen molar-refractivity contribution >= 4 is 11.9 Å². The number of carbonyl (C=O) groups is 2. The van der Waals surface area contributed by atoms with Crippen LogP contribution in [-0.4, -0.2) is 22.9 Å². The van der Waals surface area contributed by atoms with Crippen LogP contribution < -0.4 is 5.32 Å². The molecule has 3 aliphatic rings. The van der Waals surface area contributed by atoms with Gasteiger partial charge < -0.3 is 10.1 Å². The molecular formula is C25H27FN2O3. The number of nitrogens with one attached hydrogen (secondary N) is 1. The summed E-state index contributed by atoms with van der Waals surface area (Å²) in [6.07, 6.45) is 9.55. The van der Waals surface area contributed by atoms with Gasteiger partial charge >= 0.3 is 5.97 Å². The zero-order chi connectivity index (χ0) is 21.4. The van der Waals surface area contributed by atoms with Crippen molar-refractivity contribution < 1.29 is 18.7 Å². The predicted octanol–water partition coefficient (Wildman–Crippen LogP) is 4.62. The van der Waals surface area contributed by atoms with Gasteiger partial charge in [0.15, 0.2) is 0 Å². The topological polar surface area (TPSA) is 68.3 Å². The van der Waals surface area contributed by atoms with Crippen LogP contribution in [0, 0.1) is 11.7 Å². The minimum Gasteiger partial charge on any atom is -0.450 e. The first kappa shape index (κ1) is 20.2. The van der Waals surface area contributed by atoms with Gasteiger partial charge in [0.25, 0.3) is 0 Å². The summed E-state index contributed by atoms with van der Waals surface area (Å²) in [6.45, 7) is 0. The quantitative estimate of drug-likeness (QED) is 0.733. The number of ether oxygens (including phenoxy) is 1. The fourth-order valence-electron chi connectivity index (χ4n) is 5.61. The van der Waals surface area contributed by atoms with Crippen molar-refractivity contribution in [3.8, 4) is 0 Å². The second-order valence-corrected chi connectivity index (χ2v) is 9.16. The highest BCUT2D eigenvalue weighted by Crippen LogP contribution is 2.47. The number of aromatic nitrogens is 1. The lowest BCUT2D eigenvalue weighted by Gasteiger charge is -2.37. The first-order valence-corrected chi connectivity index (χ1v) is 11.3. The minimum atomic E-state index is -0.616. The molecule has 0 radical (unpaired) electrons. The van der Waals surface area contributed by atoms with Crippen molar-refractivity contribution in [3.63, 3.8) is 0 Å². The summed E-state index contributed by atoms with van der Waals surface area (Å²) in [6, 6.07) is 8.87. The molecule has 2 aromatic rings. The largest absolute Gasteiger partial charge is 0.450 e. The van der Waals surface area contributed by atoms with Crippen LogP contribution in [0.25, 0.3) is 0 Å². The summed E-state index contributed by atoms with van der Waals surface area (Å²) < 4.78 is 19.8. The molecule has 2 heterocycles. The number of nitrogens with zero attached hydrogens (tertiary/aromatic N) is 1. The SMILES string of the molecule is O=C1O[C@]2(CC[C@@H](C(=O)N[C@H]3CC[C@H](c4ccccc4F)CC3)CC2)c2cnccc21. The molecule has 0 saturated heterocycles. The molecule has 31 heavy (non-hydrogen) atoms. The van der Waals surface area contributed by atoms with E-state index in [1.807, 2.05) is 12.1 Å².